The van der Waals surface area contributed by atoms with Gasteiger partial charge in [-0.15, -0.1) is 0 Å². The standard InChI is InChI=1S/C21H19Cl2N3O2/c1-25-19(17(23)11-24-25)10-18-14-5-3-4-6-15(14)21(27)26(18)12-13-7-8-20(28-2)16(22)9-13/h3-9,11,18H,10,12H2,1-2H3. The number of aryl methyl sites for hydroxylation is 1. The van der Waals surface area contributed by atoms with Gasteiger partial charge >= 0.3 is 0 Å². The molecule has 2 heterocycles. The normalized spacial score (nSPS) is 15.8. The van der Waals surface area contributed by atoms with Gasteiger partial charge in [0.15, 0.2) is 0 Å². The zero-order valence-corrected chi connectivity index (χ0v) is 17.0. The van der Waals surface area contributed by atoms with E-state index in [9.17, 15) is 4.79 Å². The molecule has 3 aromatic rings. The lowest BCUT2D eigenvalue weighted by Gasteiger charge is -2.26. The van der Waals surface area contributed by atoms with E-state index >= 15 is 0 Å². The zero-order chi connectivity index (χ0) is 19.8. The SMILES string of the molecule is COc1ccc(CN2C(=O)c3ccccc3C2Cc2c(Cl)cnn2C)cc1Cl. The van der Waals surface area contributed by atoms with Crippen molar-refractivity contribution in [2.45, 2.75) is 19.0 Å². The Morgan fingerprint density at radius 2 is 1.93 bits per heavy atom. The number of amides is 1. The average molecular weight is 416 g/mol. The summed E-state index contributed by atoms with van der Waals surface area (Å²) in [5.74, 6) is 0.616. The molecule has 0 fully saturated rings. The molecular formula is C21H19Cl2N3O2. The van der Waals surface area contributed by atoms with Crippen LogP contribution in [0.15, 0.2) is 48.7 Å². The van der Waals surface area contributed by atoms with Gasteiger partial charge in [0.2, 0.25) is 0 Å². The fourth-order valence-corrected chi connectivity index (χ4v) is 4.23. The number of nitrogens with zero attached hydrogens (tertiary/aromatic N) is 3. The monoisotopic (exact) mass is 415 g/mol. The molecule has 5 nitrogen and oxygen atoms in total. The van der Waals surface area contributed by atoms with Crippen LogP contribution in [0.1, 0.15) is 33.2 Å². The van der Waals surface area contributed by atoms with Gasteiger partial charge in [-0.25, -0.2) is 0 Å². The van der Waals surface area contributed by atoms with Gasteiger partial charge in [0.1, 0.15) is 5.75 Å². The Kier molecular flexibility index (Phi) is 5.04. The second kappa shape index (κ2) is 7.49. The Hall–Kier alpha value is -2.50. The molecule has 1 aromatic heterocycles. The first-order valence-corrected chi connectivity index (χ1v) is 9.64. The predicted octanol–water partition coefficient (Wildman–Crippen LogP) is 4.68. The van der Waals surface area contributed by atoms with Crippen molar-refractivity contribution in [1.29, 1.82) is 0 Å². The van der Waals surface area contributed by atoms with E-state index in [0.29, 0.717) is 28.8 Å². The number of carbonyl (C=O) groups excluding carboxylic acids is 1. The van der Waals surface area contributed by atoms with Crippen LogP contribution in [-0.2, 0) is 20.0 Å². The summed E-state index contributed by atoms with van der Waals surface area (Å²) in [7, 11) is 3.44. The van der Waals surface area contributed by atoms with E-state index in [-0.39, 0.29) is 11.9 Å². The van der Waals surface area contributed by atoms with E-state index in [0.717, 1.165) is 22.4 Å². The van der Waals surface area contributed by atoms with Crippen molar-refractivity contribution < 1.29 is 9.53 Å². The summed E-state index contributed by atoms with van der Waals surface area (Å²) in [6.07, 6.45) is 2.22. The lowest BCUT2D eigenvalue weighted by Crippen LogP contribution is -2.29. The maximum Gasteiger partial charge on any atom is 0.255 e. The number of hydrogen-bond acceptors (Lipinski definition) is 3. The summed E-state index contributed by atoms with van der Waals surface area (Å²) >= 11 is 12.6. The molecule has 1 aliphatic heterocycles. The highest BCUT2D eigenvalue weighted by molar-refractivity contribution is 6.32. The molecular weight excluding hydrogens is 397 g/mol. The first kappa shape index (κ1) is 18.8. The van der Waals surface area contributed by atoms with Crippen molar-refractivity contribution in [1.82, 2.24) is 14.7 Å². The van der Waals surface area contributed by atoms with E-state index < -0.39 is 0 Å². The lowest BCUT2D eigenvalue weighted by atomic mass is 10.0. The van der Waals surface area contributed by atoms with Crippen LogP contribution in [-0.4, -0.2) is 27.7 Å². The number of benzene rings is 2. The summed E-state index contributed by atoms with van der Waals surface area (Å²) in [6.45, 7) is 0.442. The van der Waals surface area contributed by atoms with Gasteiger partial charge in [-0.3, -0.25) is 9.48 Å². The van der Waals surface area contributed by atoms with Crippen LogP contribution < -0.4 is 4.74 Å². The highest BCUT2D eigenvalue weighted by Gasteiger charge is 2.37. The van der Waals surface area contributed by atoms with Gasteiger partial charge in [0.25, 0.3) is 5.91 Å². The van der Waals surface area contributed by atoms with Gasteiger partial charge in [-0.2, -0.15) is 5.10 Å². The topological polar surface area (TPSA) is 47.4 Å². The zero-order valence-electron chi connectivity index (χ0n) is 15.5. The van der Waals surface area contributed by atoms with E-state index in [1.54, 1.807) is 18.0 Å². The minimum absolute atomic E-state index is 0.00540. The molecule has 1 atom stereocenters. The largest absolute Gasteiger partial charge is 0.495 e. The maximum atomic E-state index is 13.1. The molecule has 0 radical (unpaired) electrons. The number of carbonyl (C=O) groups is 1. The summed E-state index contributed by atoms with van der Waals surface area (Å²) in [5, 5.41) is 5.35. The second-order valence-corrected chi connectivity index (χ2v) is 7.59. The van der Waals surface area contributed by atoms with Crippen LogP contribution in [0.3, 0.4) is 0 Å². The third kappa shape index (κ3) is 3.25. The van der Waals surface area contributed by atoms with Crippen LogP contribution in [0.2, 0.25) is 10.0 Å². The minimum Gasteiger partial charge on any atom is -0.495 e. The van der Waals surface area contributed by atoms with E-state index in [4.69, 9.17) is 27.9 Å². The Morgan fingerprint density at radius 1 is 1.14 bits per heavy atom. The van der Waals surface area contributed by atoms with Gasteiger partial charge in [0, 0.05) is 25.6 Å². The Bertz CT molecular complexity index is 1030. The molecule has 0 bridgehead atoms. The van der Waals surface area contributed by atoms with Crippen LogP contribution >= 0.6 is 23.2 Å². The van der Waals surface area contributed by atoms with Crippen LogP contribution in [0.4, 0.5) is 0 Å². The molecule has 0 aliphatic carbocycles. The molecule has 4 rings (SSSR count). The second-order valence-electron chi connectivity index (χ2n) is 6.77. The third-order valence-corrected chi connectivity index (χ3v) is 5.76. The van der Waals surface area contributed by atoms with Crippen LogP contribution in [0.5, 0.6) is 5.75 Å². The summed E-state index contributed by atoms with van der Waals surface area (Å²) in [4.78, 5) is 15.0. The van der Waals surface area contributed by atoms with Gasteiger partial charge in [-0.1, -0.05) is 47.5 Å². The van der Waals surface area contributed by atoms with Crippen LogP contribution in [0.25, 0.3) is 0 Å². The summed E-state index contributed by atoms with van der Waals surface area (Å²) < 4.78 is 6.98. The van der Waals surface area contributed by atoms with E-state index in [2.05, 4.69) is 5.10 Å². The number of methoxy groups -OCH3 is 1. The molecule has 1 amide bonds. The number of aromatic nitrogens is 2. The molecule has 7 heteroatoms. The van der Waals surface area contributed by atoms with Crippen molar-refractivity contribution in [2.75, 3.05) is 7.11 Å². The molecule has 0 saturated heterocycles. The molecule has 144 valence electrons. The molecule has 1 aliphatic rings. The highest BCUT2D eigenvalue weighted by Crippen LogP contribution is 2.38. The first-order valence-electron chi connectivity index (χ1n) is 8.88. The number of hydrogen-bond donors (Lipinski definition) is 0. The average Bonchev–Trinajstić information content (AvgIpc) is 3.14. The molecule has 0 spiro atoms. The van der Waals surface area contributed by atoms with Crippen LogP contribution in [0, 0.1) is 0 Å². The van der Waals surface area contributed by atoms with Gasteiger partial charge in [0.05, 0.1) is 35.1 Å². The number of fused-ring (bicyclic) bond motifs is 1. The summed E-state index contributed by atoms with van der Waals surface area (Å²) in [5.41, 5.74) is 3.57. The van der Waals surface area contributed by atoms with Crippen molar-refractivity contribution >= 4 is 29.1 Å². The number of rotatable bonds is 5. The molecule has 0 saturated carbocycles. The maximum absolute atomic E-state index is 13.1. The molecule has 0 N–H and O–H groups in total. The van der Waals surface area contributed by atoms with E-state index in [1.807, 2.05) is 54.4 Å². The Labute approximate surface area is 173 Å². The number of ether oxygens (including phenoxy) is 1. The van der Waals surface area contributed by atoms with Crippen molar-refractivity contribution in [3.05, 3.63) is 81.1 Å². The number of halogens is 2. The highest BCUT2D eigenvalue weighted by atomic mass is 35.5. The predicted molar refractivity (Wildman–Crippen MR) is 109 cm³/mol. The fourth-order valence-electron chi connectivity index (χ4n) is 3.70. The molecule has 28 heavy (non-hydrogen) atoms. The quantitative estimate of drug-likeness (QED) is 0.607. The molecule has 1 unspecified atom stereocenters. The van der Waals surface area contributed by atoms with Crippen molar-refractivity contribution in [3.63, 3.8) is 0 Å². The van der Waals surface area contributed by atoms with E-state index in [1.165, 1.54) is 0 Å². The van der Waals surface area contributed by atoms with Crippen molar-refractivity contribution in [2.24, 2.45) is 7.05 Å². The summed E-state index contributed by atoms with van der Waals surface area (Å²) in [6, 6.07) is 13.2. The Morgan fingerprint density at radius 3 is 2.61 bits per heavy atom. The Balaban J connectivity index is 1.70. The smallest absolute Gasteiger partial charge is 0.255 e. The first-order chi connectivity index (χ1) is 13.5. The minimum atomic E-state index is -0.127. The van der Waals surface area contributed by atoms with Gasteiger partial charge < -0.3 is 9.64 Å². The molecule has 2 aromatic carbocycles. The fraction of sp³-hybridized carbons (Fsp3) is 0.238. The lowest BCUT2D eigenvalue weighted by molar-refractivity contribution is 0.0708. The van der Waals surface area contributed by atoms with Gasteiger partial charge in [-0.05, 0) is 29.3 Å². The van der Waals surface area contributed by atoms with Crippen molar-refractivity contribution in [3.8, 4) is 5.75 Å². The third-order valence-electron chi connectivity index (χ3n) is 5.15.